The molecule has 3 rings (SSSR count). The van der Waals surface area contributed by atoms with Crippen molar-refractivity contribution in [2.75, 3.05) is 55.0 Å². The molecule has 0 bridgehead atoms. The van der Waals surface area contributed by atoms with E-state index in [1.165, 1.54) is 17.1 Å². The molecule has 140 valence electrons. The predicted octanol–water partition coefficient (Wildman–Crippen LogP) is 4.77. The van der Waals surface area contributed by atoms with Gasteiger partial charge in [-0.3, -0.25) is 0 Å². The second-order valence-electron chi connectivity index (χ2n) is 6.84. The van der Waals surface area contributed by atoms with Crippen molar-refractivity contribution in [3.05, 3.63) is 91.0 Å². The van der Waals surface area contributed by atoms with Crippen LogP contribution in [0.1, 0.15) is 0 Å². The molecule has 0 N–H and O–H groups in total. The third-order valence-electron chi connectivity index (χ3n) is 4.93. The van der Waals surface area contributed by atoms with Crippen LogP contribution in [0.5, 0.6) is 0 Å². The Hall–Kier alpha value is -2.94. The quantitative estimate of drug-likeness (QED) is 0.545. The number of anilines is 3. The van der Waals surface area contributed by atoms with E-state index in [0.717, 1.165) is 26.2 Å². The van der Waals surface area contributed by atoms with Crippen molar-refractivity contribution in [1.82, 2.24) is 0 Å². The molecule has 0 aliphatic carbocycles. The fourth-order valence-corrected chi connectivity index (χ4v) is 3.17. The summed E-state index contributed by atoms with van der Waals surface area (Å²) in [4.78, 5) is 7.10. The normalized spacial score (nSPS) is 10.4. The zero-order chi connectivity index (χ0) is 18.9. The van der Waals surface area contributed by atoms with Gasteiger partial charge in [0, 0.05) is 57.3 Å². The van der Waals surface area contributed by atoms with Gasteiger partial charge >= 0.3 is 0 Å². The third kappa shape index (κ3) is 5.52. The standard InChI is InChI=1S/C24H29N3/c1-25(22-12-6-3-7-13-22)18-20-27(24-16-10-5-11-17-24)21-19-26(2)23-14-8-4-9-15-23/h3-17H,18-21H2,1-2H3. The number of likely N-dealkylation sites (N-methyl/N-ethyl adjacent to an activating group) is 2. The molecule has 0 amide bonds. The summed E-state index contributed by atoms with van der Waals surface area (Å²) in [5.41, 5.74) is 3.79. The van der Waals surface area contributed by atoms with Crippen LogP contribution in [-0.4, -0.2) is 40.3 Å². The van der Waals surface area contributed by atoms with Gasteiger partial charge in [0.15, 0.2) is 0 Å². The first-order valence-corrected chi connectivity index (χ1v) is 9.56. The van der Waals surface area contributed by atoms with Crippen molar-refractivity contribution in [2.45, 2.75) is 0 Å². The Morgan fingerprint density at radius 3 is 1.15 bits per heavy atom. The minimum absolute atomic E-state index is 0.980. The lowest BCUT2D eigenvalue weighted by molar-refractivity contribution is 0.744. The van der Waals surface area contributed by atoms with Crippen LogP contribution >= 0.6 is 0 Å². The highest BCUT2D eigenvalue weighted by Crippen LogP contribution is 2.16. The smallest absolute Gasteiger partial charge is 0.0367 e. The molecule has 3 aromatic rings. The van der Waals surface area contributed by atoms with Crippen molar-refractivity contribution >= 4 is 17.1 Å². The molecular weight excluding hydrogens is 330 g/mol. The Kier molecular flexibility index (Phi) is 6.75. The Bertz CT molecular complexity index is 725. The lowest BCUT2D eigenvalue weighted by Crippen LogP contribution is -2.38. The maximum Gasteiger partial charge on any atom is 0.0367 e. The van der Waals surface area contributed by atoms with Gasteiger partial charge in [0.05, 0.1) is 0 Å². The van der Waals surface area contributed by atoms with Crippen molar-refractivity contribution in [3.8, 4) is 0 Å². The molecule has 0 radical (unpaired) electrons. The van der Waals surface area contributed by atoms with E-state index in [4.69, 9.17) is 0 Å². The van der Waals surface area contributed by atoms with Gasteiger partial charge in [-0.05, 0) is 36.4 Å². The molecule has 0 fully saturated rings. The number of benzene rings is 3. The van der Waals surface area contributed by atoms with E-state index in [1.807, 2.05) is 0 Å². The summed E-state index contributed by atoms with van der Waals surface area (Å²) in [5.74, 6) is 0. The van der Waals surface area contributed by atoms with E-state index >= 15 is 0 Å². The first-order chi connectivity index (χ1) is 13.2. The van der Waals surface area contributed by atoms with Gasteiger partial charge in [-0.1, -0.05) is 54.6 Å². The van der Waals surface area contributed by atoms with Gasteiger partial charge in [-0.25, -0.2) is 0 Å². The van der Waals surface area contributed by atoms with E-state index in [9.17, 15) is 0 Å². The van der Waals surface area contributed by atoms with Crippen molar-refractivity contribution in [2.24, 2.45) is 0 Å². The molecule has 0 saturated carbocycles. The van der Waals surface area contributed by atoms with Gasteiger partial charge in [0.25, 0.3) is 0 Å². The molecule has 27 heavy (non-hydrogen) atoms. The number of rotatable bonds is 9. The zero-order valence-corrected chi connectivity index (χ0v) is 16.3. The Morgan fingerprint density at radius 2 is 0.778 bits per heavy atom. The highest BCUT2D eigenvalue weighted by atomic mass is 15.2. The second-order valence-corrected chi connectivity index (χ2v) is 6.84. The van der Waals surface area contributed by atoms with E-state index in [-0.39, 0.29) is 0 Å². The molecule has 0 atom stereocenters. The third-order valence-corrected chi connectivity index (χ3v) is 4.93. The second kappa shape index (κ2) is 9.67. The largest absolute Gasteiger partial charge is 0.373 e. The molecular formula is C24H29N3. The van der Waals surface area contributed by atoms with Crippen molar-refractivity contribution in [3.63, 3.8) is 0 Å². The maximum atomic E-state index is 2.47. The molecule has 0 heterocycles. The van der Waals surface area contributed by atoms with E-state index in [2.05, 4.69) is 120 Å². The Morgan fingerprint density at radius 1 is 0.444 bits per heavy atom. The minimum atomic E-state index is 0.980. The van der Waals surface area contributed by atoms with Crippen molar-refractivity contribution < 1.29 is 0 Å². The summed E-state index contributed by atoms with van der Waals surface area (Å²) in [5, 5.41) is 0. The van der Waals surface area contributed by atoms with Crippen molar-refractivity contribution in [1.29, 1.82) is 0 Å². The number of hydrogen-bond acceptors (Lipinski definition) is 3. The van der Waals surface area contributed by atoms with Crippen LogP contribution in [-0.2, 0) is 0 Å². The van der Waals surface area contributed by atoms with Gasteiger partial charge in [-0.2, -0.15) is 0 Å². The summed E-state index contributed by atoms with van der Waals surface area (Å²) >= 11 is 0. The molecule has 3 aromatic carbocycles. The average Bonchev–Trinajstić information content (AvgIpc) is 2.75. The molecule has 3 heteroatoms. The molecule has 0 spiro atoms. The van der Waals surface area contributed by atoms with Gasteiger partial charge in [-0.15, -0.1) is 0 Å². The van der Waals surface area contributed by atoms with Crippen LogP contribution < -0.4 is 14.7 Å². The van der Waals surface area contributed by atoms with Crippen LogP contribution in [0.2, 0.25) is 0 Å². The zero-order valence-electron chi connectivity index (χ0n) is 16.3. The summed E-state index contributed by atoms with van der Waals surface area (Å²) in [7, 11) is 4.32. The number of hydrogen-bond donors (Lipinski definition) is 0. The van der Waals surface area contributed by atoms with Crippen LogP contribution in [0.3, 0.4) is 0 Å². The average molecular weight is 360 g/mol. The highest BCUT2D eigenvalue weighted by Gasteiger charge is 2.10. The molecule has 3 nitrogen and oxygen atoms in total. The number of para-hydroxylation sites is 3. The topological polar surface area (TPSA) is 9.72 Å². The van der Waals surface area contributed by atoms with Gasteiger partial charge in [0.1, 0.15) is 0 Å². The lowest BCUT2D eigenvalue weighted by atomic mass is 10.2. The summed E-state index contributed by atoms with van der Waals surface area (Å²) < 4.78 is 0. The highest BCUT2D eigenvalue weighted by molar-refractivity contribution is 5.49. The molecule has 0 aliphatic heterocycles. The minimum Gasteiger partial charge on any atom is -0.373 e. The van der Waals surface area contributed by atoms with Gasteiger partial charge < -0.3 is 14.7 Å². The van der Waals surface area contributed by atoms with Crippen LogP contribution in [0.4, 0.5) is 17.1 Å². The maximum absolute atomic E-state index is 2.47. The fourth-order valence-electron chi connectivity index (χ4n) is 3.17. The van der Waals surface area contributed by atoms with Crippen LogP contribution in [0.25, 0.3) is 0 Å². The molecule has 0 unspecified atom stereocenters. The Balaban J connectivity index is 1.63. The fraction of sp³-hybridized carbons (Fsp3) is 0.250. The Labute approximate surface area is 163 Å². The predicted molar refractivity (Wildman–Crippen MR) is 118 cm³/mol. The summed E-state index contributed by atoms with van der Waals surface area (Å²) in [6.45, 7) is 3.93. The first-order valence-electron chi connectivity index (χ1n) is 9.56. The lowest BCUT2D eigenvalue weighted by Gasteiger charge is -2.30. The van der Waals surface area contributed by atoms with E-state index in [1.54, 1.807) is 0 Å². The van der Waals surface area contributed by atoms with Crippen LogP contribution in [0, 0.1) is 0 Å². The SMILES string of the molecule is CN(CCN(CCN(C)c1ccccc1)c1ccccc1)c1ccccc1. The molecule has 0 saturated heterocycles. The monoisotopic (exact) mass is 359 g/mol. The molecule has 0 aliphatic rings. The first kappa shape index (κ1) is 18.8. The van der Waals surface area contributed by atoms with Crippen LogP contribution in [0.15, 0.2) is 91.0 Å². The summed E-state index contributed by atoms with van der Waals surface area (Å²) in [6, 6.07) is 31.9. The summed E-state index contributed by atoms with van der Waals surface area (Å²) in [6.07, 6.45) is 0. The molecule has 0 aromatic heterocycles. The van der Waals surface area contributed by atoms with E-state index < -0.39 is 0 Å². The number of nitrogens with zero attached hydrogens (tertiary/aromatic N) is 3. The van der Waals surface area contributed by atoms with E-state index in [0.29, 0.717) is 0 Å². The van der Waals surface area contributed by atoms with Gasteiger partial charge in [0.2, 0.25) is 0 Å².